The third-order valence-corrected chi connectivity index (χ3v) is 14.6. The van der Waals surface area contributed by atoms with Gasteiger partial charge in [0.1, 0.15) is 0 Å². The molecule has 0 spiro atoms. The van der Waals surface area contributed by atoms with Gasteiger partial charge in [-0.1, -0.05) is 0 Å². The second-order valence-corrected chi connectivity index (χ2v) is 16.2. The Balaban J connectivity index is 0.00000160. The van der Waals surface area contributed by atoms with E-state index < -0.39 is 7.92 Å². The summed E-state index contributed by atoms with van der Waals surface area (Å²) in [6, 6.07) is 40.8. The molecule has 2 aliphatic carbocycles. The molecule has 37 heavy (non-hydrogen) atoms. The summed E-state index contributed by atoms with van der Waals surface area (Å²) >= 11 is -0.378. The Morgan fingerprint density at radius 1 is 0.514 bits per heavy atom. The molecule has 4 aromatic carbocycles. The summed E-state index contributed by atoms with van der Waals surface area (Å²) in [7, 11) is -0.690. The van der Waals surface area contributed by atoms with E-state index in [1.54, 1.807) is 21.8 Å². The van der Waals surface area contributed by atoms with E-state index in [1.807, 2.05) is 0 Å². The normalized spacial score (nSPS) is 17.2. The maximum absolute atomic E-state index is 2.56. The van der Waals surface area contributed by atoms with Gasteiger partial charge in [0, 0.05) is 0 Å². The molecule has 4 aromatic rings. The molecule has 0 saturated carbocycles. The Hall–Kier alpha value is -1.49. The molecule has 2 atom stereocenters. The Morgan fingerprint density at radius 2 is 0.919 bits per heavy atom. The number of rotatable bonds is 6. The summed E-state index contributed by atoms with van der Waals surface area (Å²) in [6.07, 6.45) is 5.08. The van der Waals surface area contributed by atoms with Crippen molar-refractivity contribution < 1.29 is 44.0 Å². The number of allylic oxidation sites excluding steroid dienone is 2. The summed E-state index contributed by atoms with van der Waals surface area (Å²) < 4.78 is 1.17. The summed E-state index contributed by atoms with van der Waals surface area (Å²) in [6.45, 7) is 4.87. The van der Waals surface area contributed by atoms with Crippen molar-refractivity contribution in [3.8, 4) is 0 Å². The van der Waals surface area contributed by atoms with E-state index >= 15 is 0 Å². The van der Waals surface area contributed by atoms with Crippen molar-refractivity contribution in [2.24, 2.45) is 0 Å². The van der Waals surface area contributed by atoms with E-state index in [-0.39, 0.29) is 51.9 Å². The van der Waals surface area contributed by atoms with Gasteiger partial charge in [0.05, 0.1) is 0 Å². The van der Waals surface area contributed by atoms with Gasteiger partial charge in [-0.05, 0) is 0 Å². The van der Waals surface area contributed by atoms with Crippen molar-refractivity contribution in [3.05, 3.63) is 142 Å². The fraction of sp³-hybridized carbons (Fsp3) is 0.125. The fourth-order valence-corrected chi connectivity index (χ4v) is 14.0. The van der Waals surface area contributed by atoms with Crippen LogP contribution in [0.1, 0.15) is 30.7 Å². The quantitative estimate of drug-likeness (QED) is 0.238. The predicted molar refractivity (Wildman–Crippen MR) is 152 cm³/mol. The standard InChI is InChI=1S/C21H16P.C11H12P.2ClH.Ti/c1-3-11-19(12-4-1)22(20-13-5-2-6-14-20)21-15-17-9-7-8-10-18(17)16-21;1-12(2)11-7-9-5-3-4-6-10(9)8-11;;;/h1-16H;3-8H,1-2H3;2*1H;/q;;;;+2/p-2. The molecule has 0 nitrogen and oxygen atoms in total. The van der Waals surface area contributed by atoms with Crippen LogP contribution in [0, 0.1) is 0 Å². The van der Waals surface area contributed by atoms with Gasteiger partial charge in [0.25, 0.3) is 0 Å². The zero-order chi connectivity index (χ0) is 23.8. The maximum Gasteiger partial charge on any atom is -1.00 e. The van der Waals surface area contributed by atoms with E-state index in [1.165, 1.54) is 21.7 Å². The van der Waals surface area contributed by atoms with Crippen molar-refractivity contribution >= 4 is 38.6 Å². The first kappa shape index (κ1) is 28.5. The van der Waals surface area contributed by atoms with Gasteiger partial charge in [0.15, 0.2) is 0 Å². The molecule has 0 aliphatic heterocycles. The maximum atomic E-state index is 2.56. The van der Waals surface area contributed by atoms with Crippen molar-refractivity contribution in [2.45, 2.75) is 8.45 Å². The predicted octanol–water partition coefficient (Wildman–Crippen LogP) is 2.14. The van der Waals surface area contributed by atoms with Crippen LogP contribution in [-0.2, 0) is 19.2 Å². The van der Waals surface area contributed by atoms with Gasteiger partial charge in [-0.2, -0.15) is 0 Å². The summed E-state index contributed by atoms with van der Waals surface area (Å²) in [5.41, 5.74) is 6.02. The molecule has 0 saturated heterocycles. The van der Waals surface area contributed by atoms with Crippen LogP contribution in [0.3, 0.4) is 0 Å². The van der Waals surface area contributed by atoms with Crippen LogP contribution in [0.2, 0.25) is 0 Å². The van der Waals surface area contributed by atoms with Crippen molar-refractivity contribution in [2.75, 3.05) is 13.3 Å². The van der Waals surface area contributed by atoms with E-state index in [4.69, 9.17) is 0 Å². The third kappa shape index (κ3) is 5.63. The largest absolute Gasteiger partial charge is 1.00 e. The number of halogens is 2. The van der Waals surface area contributed by atoms with E-state index in [0.717, 1.165) is 0 Å². The molecule has 184 valence electrons. The van der Waals surface area contributed by atoms with Gasteiger partial charge >= 0.3 is 222 Å². The smallest absolute Gasteiger partial charge is 1.00 e. The number of fused-ring (bicyclic) bond motifs is 2. The third-order valence-electron chi connectivity index (χ3n) is 6.95. The fourth-order valence-electron chi connectivity index (χ4n) is 5.31. The average Bonchev–Trinajstić information content (AvgIpc) is 3.45. The summed E-state index contributed by atoms with van der Waals surface area (Å²) in [4.78, 5) is 0. The van der Waals surface area contributed by atoms with Gasteiger partial charge in [-0.3, -0.25) is 0 Å². The topological polar surface area (TPSA) is 0 Å². The van der Waals surface area contributed by atoms with E-state index in [9.17, 15) is 0 Å². The Bertz CT molecular complexity index is 1380. The van der Waals surface area contributed by atoms with Crippen LogP contribution in [0.5, 0.6) is 0 Å². The Morgan fingerprint density at radius 3 is 1.41 bits per heavy atom. The number of benzene rings is 4. The molecule has 5 heteroatoms. The van der Waals surface area contributed by atoms with Crippen LogP contribution in [-0.4, -0.2) is 13.3 Å². The van der Waals surface area contributed by atoms with Crippen LogP contribution < -0.4 is 35.4 Å². The van der Waals surface area contributed by atoms with Gasteiger partial charge in [0.2, 0.25) is 0 Å². The monoisotopic (exact) mass is 592 g/mol. The second-order valence-electron chi connectivity index (χ2n) is 9.33. The second kappa shape index (κ2) is 12.6. The minimum absolute atomic E-state index is 0. The van der Waals surface area contributed by atoms with Gasteiger partial charge in [-0.25, -0.2) is 0 Å². The molecule has 0 bridgehead atoms. The Labute approximate surface area is 244 Å². The molecule has 0 radical (unpaired) electrons. The minimum atomic E-state index is -0.577. The molecule has 0 fully saturated rings. The van der Waals surface area contributed by atoms with Gasteiger partial charge < -0.3 is 24.8 Å². The van der Waals surface area contributed by atoms with Crippen LogP contribution in [0.15, 0.2) is 120 Å². The van der Waals surface area contributed by atoms with E-state index in [2.05, 4.69) is 135 Å². The van der Waals surface area contributed by atoms with Crippen LogP contribution >= 0.6 is 15.8 Å². The van der Waals surface area contributed by atoms with Crippen LogP contribution in [0.4, 0.5) is 0 Å². The molecular weight excluding hydrogens is 565 g/mol. The SMILES string of the molecule is CP(C)C1=Cc2ccccc2[CH]1[Ti+2][CH]1C(P(c2ccccc2)c2ccccc2)=Cc2ccccc21.[Cl-].[Cl-]. The molecule has 2 aliphatic rings. The molecular formula is C32H28Cl2P2Ti. The molecule has 0 aromatic heterocycles. The molecule has 0 heterocycles. The van der Waals surface area contributed by atoms with Crippen molar-refractivity contribution in [1.82, 2.24) is 0 Å². The van der Waals surface area contributed by atoms with E-state index in [0.29, 0.717) is 8.45 Å². The first-order valence-corrected chi connectivity index (χ1v) is 17.5. The number of hydrogen-bond donors (Lipinski definition) is 0. The zero-order valence-corrected chi connectivity index (χ0v) is 25.7. The van der Waals surface area contributed by atoms with Crippen molar-refractivity contribution in [1.29, 1.82) is 0 Å². The first-order chi connectivity index (χ1) is 17.2. The average molecular weight is 593 g/mol. The van der Waals surface area contributed by atoms with Crippen molar-refractivity contribution in [3.63, 3.8) is 0 Å². The molecule has 0 N–H and O–H groups in total. The minimum Gasteiger partial charge on any atom is -1.00 e. The molecule has 6 rings (SSSR count). The zero-order valence-electron chi connectivity index (χ0n) is 20.9. The van der Waals surface area contributed by atoms with Gasteiger partial charge in [-0.15, -0.1) is 0 Å². The van der Waals surface area contributed by atoms with Crippen LogP contribution in [0.25, 0.3) is 12.2 Å². The summed E-state index contributed by atoms with van der Waals surface area (Å²) in [5.74, 6) is 0. The summed E-state index contributed by atoms with van der Waals surface area (Å²) in [5, 5.41) is 6.27. The Kier molecular flexibility index (Phi) is 9.70. The molecule has 2 unspecified atom stereocenters. The first-order valence-electron chi connectivity index (χ1n) is 12.2. The molecule has 0 amide bonds. The number of hydrogen-bond acceptors (Lipinski definition) is 0.